The lowest BCUT2D eigenvalue weighted by Crippen LogP contribution is -2.33. The molecule has 1 aromatic carbocycles. The first-order valence-corrected chi connectivity index (χ1v) is 6.60. The second-order valence-corrected chi connectivity index (χ2v) is 5.00. The molecule has 0 spiro atoms. The second-order valence-electron chi connectivity index (χ2n) is 4.09. The number of amides is 1. The van der Waals surface area contributed by atoms with E-state index >= 15 is 0 Å². The van der Waals surface area contributed by atoms with Gasteiger partial charge in [0.25, 0.3) is 5.91 Å². The first-order valence-electron chi connectivity index (χ1n) is 5.72. The third kappa shape index (κ3) is 3.00. The van der Waals surface area contributed by atoms with Crippen molar-refractivity contribution in [3.05, 3.63) is 57.8 Å². The average molecular weight is 275 g/mol. The number of aliphatic carboxylic acids is 1. The van der Waals surface area contributed by atoms with E-state index in [4.69, 9.17) is 0 Å². The molecule has 4 nitrogen and oxygen atoms in total. The minimum atomic E-state index is -1.08. The van der Waals surface area contributed by atoms with Crippen molar-refractivity contribution in [2.45, 2.75) is 13.0 Å². The van der Waals surface area contributed by atoms with E-state index in [9.17, 15) is 14.7 Å². The van der Waals surface area contributed by atoms with Gasteiger partial charge in [0.05, 0.1) is 4.88 Å². The number of benzene rings is 1. The molecule has 1 atom stereocenters. The maximum absolute atomic E-state index is 12.1. The zero-order valence-corrected chi connectivity index (χ0v) is 11.1. The number of carboxylic acids is 1. The third-order valence-corrected chi connectivity index (χ3v) is 3.74. The molecule has 0 bridgehead atoms. The average Bonchev–Trinajstić information content (AvgIpc) is 2.82. The SMILES string of the molecule is Cc1ccsc1C(=O)N[C@@H](C(=O)O)c1ccccc1. The molecule has 0 saturated carbocycles. The van der Waals surface area contributed by atoms with E-state index in [0.717, 1.165) is 5.56 Å². The molecule has 0 saturated heterocycles. The normalized spacial score (nSPS) is 11.8. The summed E-state index contributed by atoms with van der Waals surface area (Å²) in [6.07, 6.45) is 0. The highest BCUT2D eigenvalue weighted by Gasteiger charge is 2.23. The Hall–Kier alpha value is -2.14. The van der Waals surface area contributed by atoms with Crippen LogP contribution < -0.4 is 5.32 Å². The number of carboxylic acid groups (broad SMARTS) is 1. The van der Waals surface area contributed by atoms with Gasteiger partial charge in [0.2, 0.25) is 0 Å². The molecule has 0 aliphatic rings. The third-order valence-electron chi connectivity index (χ3n) is 2.72. The number of nitrogens with one attached hydrogen (secondary N) is 1. The first kappa shape index (κ1) is 13.3. The van der Waals surface area contributed by atoms with Crippen molar-refractivity contribution in [2.24, 2.45) is 0 Å². The Morgan fingerprint density at radius 1 is 1.21 bits per heavy atom. The molecule has 1 amide bonds. The van der Waals surface area contributed by atoms with Gasteiger partial charge in [0.1, 0.15) is 0 Å². The zero-order valence-electron chi connectivity index (χ0n) is 10.3. The smallest absolute Gasteiger partial charge is 0.330 e. The number of carbonyl (C=O) groups is 2. The quantitative estimate of drug-likeness (QED) is 0.901. The van der Waals surface area contributed by atoms with Crippen molar-refractivity contribution in [3.63, 3.8) is 0 Å². The molecule has 2 N–H and O–H groups in total. The van der Waals surface area contributed by atoms with Crippen LogP contribution in [0.4, 0.5) is 0 Å². The summed E-state index contributed by atoms with van der Waals surface area (Å²) in [4.78, 5) is 23.9. The van der Waals surface area contributed by atoms with Gasteiger partial charge in [-0.3, -0.25) is 4.79 Å². The van der Waals surface area contributed by atoms with Gasteiger partial charge in [-0.1, -0.05) is 30.3 Å². The molecule has 2 aromatic rings. The van der Waals surface area contributed by atoms with Crippen molar-refractivity contribution in [1.82, 2.24) is 5.32 Å². The van der Waals surface area contributed by atoms with Crippen LogP contribution in [0.5, 0.6) is 0 Å². The summed E-state index contributed by atoms with van der Waals surface area (Å²) in [6, 6.07) is 9.45. The highest BCUT2D eigenvalue weighted by molar-refractivity contribution is 7.12. The van der Waals surface area contributed by atoms with Crippen molar-refractivity contribution in [2.75, 3.05) is 0 Å². The largest absolute Gasteiger partial charge is 0.479 e. The van der Waals surface area contributed by atoms with E-state index in [1.165, 1.54) is 11.3 Å². The van der Waals surface area contributed by atoms with Crippen LogP contribution in [-0.4, -0.2) is 17.0 Å². The Morgan fingerprint density at radius 3 is 2.42 bits per heavy atom. The standard InChI is InChI=1S/C14H13NO3S/c1-9-7-8-19-12(9)13(16)15-11(14(17)18)10-5-3-2-4-6-10/h2-8,11H,1H3,(H,15,16)(H,17,18)/t11-/m1/s1. The molecule has 1 aromatic heterocycles. The summed E-state index contributed by atoms with van der Waals surface area (Å²) in [7, 11) is 0. The number of thiophene rings is 1. The fraction of sp³-hybridized carbons (Fsp3) is 0.143. The van der Waals surface area contributed by atoms with Gasteiger partial charge in [-0.05, 0) is 29.5 Å². The predicted molar refractivity (Wildman–Crippen MR) is 73.3 cm³/mol. The van der Waals surface area contributed by atoms with E-state index < -0.39 is 12.0 Å². The van der Waals surface area contributed by atoms with Gasteiger partial charge >= 0.3 is 5.97 Å². The minimum Gasteiger partial charge on any atom is -0.479 e. The summed E-state index contributed by atoms with van der Waals surface area (Å²) in [6.45, 7) is 1.82. The Bertz CT molecular complexity index is 592. The molecule has 0 aliphatic carbocycles. The fourth-order valence-corrected chi connectivity index (χ4v) is 2.56. The van der Waals surface area contributed by atoms with Crippen LogP contribution in [-0.2, 0) is 4.79 Å². The lowest BCUT2D eigenvalue weighted by molar-refractivity contribution is -0.139. The summed E-state index contributed by atoms with van der Waals surface area (Å²) in [5.41, 5.74) is 1.40. The summed E-state index contributed by atoms with van der Waals surface area (Å²) in [5, 5.41) is 13.6. The van der Waals surface area contributed by atoms with Crippen molar-refractivity contribution in [3.8, 4) is 0 Å². The highest BCUT2D eigenvalue weighted by Crippen LogP contribution is 2.18. The fourth-order valence-electron chi connectivity index (χ4n) is 1.74. The molecule has 0 unspecified atom stereocenters. The number of hydrogen-bond acceptors (Lipinski definition) is 3. The number of rotatable bonds is 4. The van der Waals surface area contributed by atoms with Crippen LogP contribution in [0, 0.1) is 6.92 Å². The van der Waals surface area contributed by atoms with Gasteiger partial charge in [-0.25, -0.2) is 4.79 Å². The lowest BCUT2D eigenvalue weighted by Gasteiger charge is -2.14. The van der Waals surface area contributed by atoms with Crippen LogP contribution in [0.2, 0.25) is 0 Å². The number of carbonyl (C=O) groups excluding carboxylic acids is 1. The van der Waals surface area contributed by atoms with Gasteiger partial charge in [-0.2, -0.15) is 0 Å². The topological polar surface area (TPSA) is 66.4 Å². The summed E-state index contributed by atoms with van der Waals surface area (Å²) in [5.74, 6) is -1.43. The van der Waals surface area contributed by atoms with Crippen LogP contribution >= 0.6 is 11.3 Å². The molecule has 2 rings (SSSR count). The molecule has 0 aliphatic heterocycles. The molecule has 0 radical (unpaired) electrons. The van der Waals surface area contributed by atoms with Gasteiger partial charge in [0.15, 0.2) is 6.04 Å². The number of aryl methyl sites for hydroxylation is 1. The first-order chi connectivity index (χ1) is 9.09. The Kier molecular flexibility index (Phi) is 3.97. The summed E-state index contributed by atoms with van der Waals surface area (Å²) >= 11 is 1.30. The zero-order chi connectivity index (χ0) is 13.8. The Balaban J connectivity index is 2.21. The summed E-state index contributed by atoms with van der Waals surface area (Å²) < 4.78 is 0. The maximum Gasteiger partial charge on any atom is 0.330 e. The van der Waals surface area contributed by atoms with Crippen molar-refractivity contribution >= 4 is 23.2 Å². The maximum atomic E-state index is 12.1. The van der Waals surface area contributed by atoms with E-state index in [1.807, 2.05) is 18.4 Å². The molecule has 19 heavy (non-hydrogen) atoms. The molecule has 98 valence electrons. The van der Waals surface area contributed by atoms with E-state index in [0.29, 0.717) is 10.4 Å². The van der Waals surface area contributed by atoms with Crippen molar-refractivity contribution < 1.29 is 14.7 Å². The molecular weight excluding hydrogens is 262 g/mol. The van der Waals surface area contributed by atoms with Crippen LogP contribution in [0.3, 0.4) is 0 Å². The number of hydrogen-bond donors (Lipinski definition) is 2. The van der Waals surface area contributed by atoms with Gasteiger partial charge in [-0.15, -0.1) is 11.3 Å². The predicted octanol–water partition coefficient (Wildman–Crippen LogP) is 2.61. The second kappa shape index (κ2) is 5.67. The lowest BCUT2D eigenvalue weighted by atomic mass is 10.1. The van der Waals surface area contributed by atoms with E-state index in [-0.39, 0.29) is 5.91 Å². The molecule has 1 heterocycles. The van der Waals surface area contributed by atoms with Gasteiger partial charge in [0, 0.05) is 0 Å². The minimum absolute atomic E-state index is 0.358. The monoisotopic (exact) mass is 275 g/mol. The van der Waals surface area contributed by atoms with Crippen LogP contribution in [0.25, 0.3) is 0 Å². The van der Waals surface area contributed by atoms with Crippen LogP contribution in [0.1, 0.15) is 26.8 Å². The van der Waals surface area contributed by atoms with Crippen LogP contribution in [0.15, 0.2) is 41.8 Å². The van der Waals surface area contributed by atoms with Crippen molar-refractivity contribution in [1.29, 1.82) is 0 Å². The Labute approximate surface area is 114 Å². The molecule has 0 fully saturated rings. The Morgan fingerprint density at radius 2 is 1.89 bits per heavy atom. The van der Waals surface area contributed by atoms with E-state index in [1.54, 1.807) is 30.3 Å². The van der Waals surface area contributed by atoms with E-state index in [2.05, 4.69) is 5.32 Å². The highest BCUT2D eigenvalue weighted by atomic mass is 32.1. The molecule has 5 heteroatoms. The molecular formula is C14H13NO3S. The van der Waals surface area contributed by atoms with Gasteiger partial charge < -0.3 is 10.4 Å².